The number of likely N-dealkylation sites (tertiary alicyclic amines) is 1. The summed E-state index contributed by atoms with van der Waals surface area (Å²) in [5.41, 5.74) is 2.40. The van der Waals surface area contributed by atoms with Crippen LogP contribution in [-0.4, -0.2) is 99.7 Å². The molecule has 4 rings (SSSR count). The van der Waals surface area contributed by atoms with Crippen molar-refractivity contribution in [2.24, 2.45) is 0 Å². The number of amides is 2. The highest BCUT2D eigenvalue weighted by Crippen LogP contribution is 2.25. The predicted molar refractivity (Wildman–Crippen MR) is 150 cm³/mol. The van der Waals surface area contributed by atoms with E-state index in [1.165, 1.54) is 26.4 Å². The number of rotatable bonds is 7. The van der Waals surface area contributed by atoms with Crippen LogP contribution in [-0.2, 0) is 16.1 Å². The average molecular weight is 523 g/mol. The smallest absolute Gasteiger partial charge is 0.254 e. The molecule has 2 amide bonds. The molecular formula is C30H42N4O4. The van der Waals surface area contributed by atoms with Gasteiger partial charge in [-0.2, -0.15) is 0 Å². The maximum absolute atomic E-state index is 13.8. The summed E-state index contributed by atoms with van der Waals surface area (Å²) >= 11 is 0. The number of hydrogen-bond donors (Lipinski definition) is 0. The number of likely N-dealkylation sites (N-methyl/N-ethyl adjacent to an activating group) is 1. The molecule has 2 heterocycles. The van der Waals surface area contributed by atoms with Gasteiger partial charge in [-0.3, -0.25) is 14.5 Å². The highest BCUT2D eigenvalue weighted by molar-refractivity contribution is 5.96. The van der Waals surface area contributed by atoms with Crippen molar-refractivity contribution < 1.29 is 19.1 Å². The zero-order valence-electron chi connectivity index (χ0n) is 22.9. The Balaban J connectivity index is 1.51. The largest absolute Gasteiger partial charge is 0.492 e. The van der Waals surface area contributed by atoms with Gasteiger partial charge in [-0.25, -0.2) is 0 Å². The summed E-state index contributed by atoms with van der Waals surface area (Å²) in [5, 5.41) is 0. The predicted octanol–water partition coefficient (Wildman–Crippen LogP) is 3.51. The molecule has 0 aliphatic carbocycles. The van der Waals surface area contributed by atoms with Crippen LogP contribution in [0.4, 0.5) is 5.69 Å². The molecule has 2 aliphatic rings. The Labute approximate surface area is 227 Å². The van der Waals surface area contributed by atoms with Crippen LogP contribution in [0, 0.1) is 0 Å². The third-order valence-corrected chi connectivity index (χ3v) is 7.38. The third kappa shape index (κ3) is 7.79. The van der Waals surface area contributed by atoms with Crippen molar-refractivity contribution in [2.45, 2.75) is 32.2 Å². The molecule has 38 heavy (non-hydrogen) atoms. The van der Waals surface area contributed by atoms with Crippen molar-refractivity contribution in [3.63, 3.8) is 0 Å². The molecule has 1 saturated heterocycles. The fourth-order valence-electron chi connectivity index (χ4n) is 5.23. The highest BCUT2D eigenvalue weighted by atomic mass is 16.5. The number of anilines is 1. The number of ether oxygens (including phenoxy) is 2. The van der Waals surface area contributed by atoms with Crippen LogP contribution in [0.15, 0.2) is 48.5 Å². The molecule has 8 nitrogen and oxygen atoms in total. The number of fused-ring (bicyclic) bond motifs is 1. The highest BCUT2D eigenvalue weighted by Gasteiger charge is 2.24. The van der Waals surface area contributed by atoms with Gasteiger partial charge in [-0.15, -0.1) is 0 Å². The van der Waals surface area contributed by atoms with E-state index in [2.05, 4.69) is 16.8 Å². The Morgan fingerprint density at radius 2 is 1.68 bits per heavy atom. The second-order valence-electron chi connectivity index (χ2n) is 10.3. The van der Waals surface area contributed by atoms with Crippen molar-refractivity contribution in [1.82, 2.24) is 14.7 Å². The van der Waals surface area contributed by atoms with Crippen LogP contribution >= 0.6 is 0 Å². The maximum Gasteiger partial charge on any atom is 0.254 e. The van der Waals surface area contributed by atoms with E-state index in [1.54, 1.807) is 4.90 Å². The second-order valence-corrected chi connectivity index (χ2v) is 10.3. The van der Waals surface area contributed by atoms with Crippen LogP contribution in [0.5, 0.6) is 5.75 Å². The molecule has 2 aromatic rings. The van der Waals surface area contributed by atoms with E-state index in [1.807, 2.05) is 53.4 Å². The number of benzene rings is 2. The summed E-state index contributed by atoms with van der Waals surface area (Å²) in [6, 6.07) is 15.4. The normalized spacial score (nSPS) is 17.9. The van der Waals surface area contributed by atoms with Gasteiger partial charge in [-0.05, 0) is 75.8 Å². The van der Waals surface area contributed by atoms with Crippen LogP contribution in [0.1, 0.15) is 41.6 Å². The number of hydrogen-bond acceptors (Lipinski definition) is 6. The molecule has 0 radical (unpaired) electrons. The molecule has 0 atom stereocenters. The standard InChI is InChI=1S/C30H42N4O4/c1-31-14-9-17-34(29(35)24-37-2)28-13-5-4-10-26(28)23-33(19-18-31)30(36)25-11-8-12-27(22-25)38-21-20-32-15-6-3-7-16-32/h4-5,8,10-13,22H,3,6-7,9,14-21,23-24H2,1-2H3. The molecule has 206 valence electrons. The molecule has 1 fully saturated rings. The lowest BCUT2D eigenvalue weighted by Gasteiger charge is -2.28. The minimum atomic E-state index is -0.0749. The molecule has 0 bridgehead atoms. The molecule has 0 aromatic heterocycles. The summed E-state index contributed by atoms with van der Waals surface area (Å²) in [6.07, 6.45) is 4.68. The molecule has 2 aliphatic heterocycles. The van der Waals surface area contributed by atoms with Crippen molar-refractivity contribution in [3.05, 3.63) is 59.7 Å². The average Bonchev–Trinajstić information content (AvgIpc) is 2.97. The van der Waals surface area contributed by atoms with E-state index in [9.17, 15) is 9.59 Å². The molecule has 0 saturated carbocycles. The van der Waals surface area contributed by atoms with Gasteiger partial charge in [0.2, 0.25) is 0 Å². The van der Waals surface area contributed by atoms with Crippen molar-refractivity contribution in [3.8, 4) is 5.75 Å². The van der Waals surface area contributed by atoms with Crippen LogP contribution in [0.25, 0.3) is 0 Å². The first-order valence-electron chi connectivity index (χ1n) is 13.9. The molecule has 0 spiro atoms. The van der Waals surface area contributed by atoms with Crippen LogP contribution in [0.2, 0.25) is 0 Å². The Kier molecular flexibility index (Phi) is 10.6. The van der Waals surface area contributed by atoms with E-state index >= 15 is 0 Å². The summed E-state index contributed by atoms with van der Waals surface area (Å²) in [7, 11) is 3.60. The van der Waals surface area contributed by atoms with Crippen molar-refractivity contribution in [1.29, 1.82) is 0 Å². The monoisotopic (exact) mass is 522 g/mol. The van der Waals surface area contributed by atoms with Gasteiger partial charge in [-0.1, -0.05) is 30.7 Å². The van der Waals surface area contributed by atoms with Gasteiger partial charge in [0, 0.05) is 51.1 Å². The van der Waals surface area contributed by atoms with E-state index in [0.29, 0.717) is 31.8 Å². The first kappa shape index (κ1) is 28.1. The van der Waals surface area contributed by atoms with Gasteiger partial charge in [0.05, 0.1) is 0 Å². The van der Waals surface area contributed by atoms with Crippen molar-refractivity contribution >= 4 is 17.5 Å². The Bertz CT molecular complexity index is 1060. The van der Waals surface area contributed by atoms with Crippen LogP contribution in [0.3, 0.4) is 0 Å². The SMILES string of the molecule is COCC(=O)N1CCCN(C)CCN(C(=O)c2cccc(OCCN3CCCCC3)c2)Cc2ccccc21. The third-order valence-electron chi connectivity index (χ3n) is 7.38. The van der Waals surface area contributed by atoms with E-state index < -0.39 is 0 Å². The minimum Gasteiger partial charge on any atom is -0.492 e. The summed E-state index contributed by atoms with van der Waals surface area (Å²) in [4.78, 5) is 35.1. The zero-order valence-corrected chi connectivity index (χ0v) is 22.9. The van der Waals surface area contributed by atoms with E-state index in [0.717, 1.165) is 56.1 Å². The van der Waals surface area contributed by atoms with Gasteiger partial charge in [0.1, 0.15) is 19.0 Å². The molecular weight excluding hydrogens is 480 g/mol. The lowest BCUT2D eigenvalue weighted by Crippen LogP contribution is -2.37. The lowest BCUT2D eigenvalue weighted by molar-refractivity contribution is -0.122. The first-order chi connectivity index (χ1) is 18.5. The van der Waals surface area contributed by atoms with Gasteiger partial charge >= 0.3 is 0 Å². The van der Waals surface area contributed by atoms with Gasteiger partial charge < -0.3 is 24.2 Å². The number of methoxy groups -OCH3 is 1. The number of piperidine rings is 1. The fraction of sp³-hybridized carbons (Fsp3) is 0.533. The molecule has 2 aromatic carbocycles. The molecule has 0 unspecified atom stereocenters. The molecule has 0 N–H and O–H groups in total. The second kappa shape index (κ2) is 14.3. The maximum atomic E-state index is 13.8. The number of carbonyl (C=O) groups excluding carboxylic acids is 2. The zero-order chi connectivity index (χ0) is 26.7. The Morgan fingerprint density at radius 3 is 2.50 bits per heavy atom. The summed E-state index contributed by atoms with van der Waals surface area (Å²) < 4.78 is 11.2. The Morgan fingerprint density at radius 1 is 0.868 bits per heavy atom. The Hall–Kier alpha value is -2.94. The summed E-state index contributed by atoms with van der Waals surface area (Å²) in [6.45, 7) is 7.04. The lowest BCUT2D eigenvalue weighted by atomic mass is 10.1. The summed E-state index contributed by atoms with van der Waals surface area (Å²) in [5.74, 6) is 0.609. The van der Waals surface area contributed by atoms with E-state index in [-0.39, 0.29) is 18.4 Å². The number of carbonyl (C=O) groups is 2. The van der Waals surface area contributed by atoms with Gasteiger partial charge in [0.25, 0.3) is 11.8 Å². The fourth-order valence-corrected chi connectivity index (χ4v) is 5.23. The quantitative estimate of drug-likeness (QED) is 0.555. The molecule has 8 heteroatoms. The van der Waals surface area contributed by atoms with E-state index in [4.69, 9.17) is 9.47 Å². The first-order valence-corrected chi connectivity index (χ1v) is 13.9. The minimum absolute atomic E-state index is 0.0252. The van der Waals surface area contributed by atoms with Crippen molar-refractivity contribution in [2.75, 3.05) is 78.1 Å². The topological polar surface area (TPSA) is 65.6 Å². The van der Waals surface area contributed by atoms with Gasteiger partial charge in [0.15, 0.2) is 0 Å². The number of nitrogens with zero attached hydrogens (tertiary/aromatic N) is 4. The van der Waals surface area contributed by atoms with Crippen LogP contribution < -0.4 is 9.64 Å². The number of para-hydroxylation sites is 1.